The number of nitrogens with zero attached hydrogens (tertiary/aromatic N) is 2. The summed E-state index contributed by atoms with van der Waals surface area (Å²) in [7, 11) is 0. The SMILES string of the molecule is Cc1cc(-c2nc(-c3ccc4c(c3)CCC4NC3CC(C)C3)no2)cc(C)c1-c1ccoc1. The molecule has 33 heavy (non-hydrogen) atoms. The molecule has 0 aliphatic heterocycles. The highest BCUT2D eigenvalue weighted by molar-refractivity contribution is 5.74. The predicted octanol–water partition coefficient (Wildman–Crippen LogP) is 6.66. The highest BCUT2D eigenvalue weighted by atomic mass is 16.5. The Morgan fingerprint density at radius 1 is 0.970 bits per heavy atom. The van der Waals surface area contributed by atoms with E-state index in [1.54, 1.807) is 12.5 Å². The minimum absolute atomic E-state index is 0.479. The zero-order chi connectivity index (χ0) is 22.5. The van der Waals surface area contributed by atoms with Gasteiger partial charge in [-0.2, -0.15) is 4.98 Å². The molecule has 0 amide bonds. The first kappa shape index (κ1) is 20.4. The van der Waals surface area contributed by atoms with Gasteiger partial charge >= 0.3 is 0 Å². The van der Waals surface area contributed by atoms with E-state index < -0.39 is 0 Å². The van der Waals surface area contributed by atoms with Crippen LogP contribution < -0.4 is 5.32 Å². The van der Waals surface area contributed by atoms with E-state index in [0.717, 1.165) is 40.2 Å². The Morgan fingerprint density at radius 2 is 1.79 bits per heavy atom. The van der Waals surface area contributed by atoms with Gasteiger partial charge in [-0.3, -0.25) is 0 Å². The van der Waals surface area contributed by atoms with Crippen LogP contribution in [0, 0.1) is 19.8 Å². The molecular formula is C28H29N3O2. The molecule has 1 fully saturated rings. The highest BCUT2D eigenvalue weighted by Gasteiger charge is 2.31. The molecule has 0 radical (unpaired) electrons. The van der Waals surface area contributed by atoms with Crippen molar-refractivity contribution in [2.24, 2.45) is 5.92 Å². The summed E-state index contributed by atoms with van der Waals surface area (Å²) in [5.41, 5.74) is 9.38. The van der Waals surface area contributed by atoms with Gasteiger partial charge in [0.15, 0.2) is 0 Å². The van der Waals surface area contributed by atoms with Crippen LogP contribution in [0.2, 0.25) is 0 Å². The largest absolute Gasteiger partial charge is 0.472 e. The predicted molar refractivity (Wildman–Crippen MR) is 129 cm³/mol. The third-order valence-corrected chi connectivity index (χ3v) is 7.31. The van der Waals surface area contributed by atoms with Crippen molar-refractivity contribution >= 4 is 0 Å². The van der Waals surface area contributed by atoms with Gasteiger partial charge in [0.05, 0.1) is 12.5 Å². The Balaban J connectivity index is 1.24. The molecule has 0 saturated heterocycles. The van der Waals surface area contributed by atoms with E-state index in [1.807, 2.05) is 6.07 Å². The smallest absolute Gasteiger partial charge is 0.258 e. The Hall–Kier alpha value is -3.18. The van der Waals surface area contributed by atoms with Gasteiger partial charge in [-0.15, -0.1) is 0 Å². The molecular weight excluding hydrogens is 410 g/mol. The van der Waals surface area contributed by atoms with Crippen molar-refractivity contribution in [3.63, 3.8) is 0 Å². The summed E-state index contributed by atoms with van der Waals surface area (Å²) in [6.45, 7) is 6.54. The molecule has 1 unspecified atom stereocenters. The number of fused-ring (bicyclic) bond motifs is 1. The van der Waals surface area contributed by atoms with Crippen molar-refractivity contribution < 1.29 is 8.94 Å². The molecule has 6 rings (SSSR count). The first-order valence-electron chi connectivity index (χ1n) is 11.9. The Kier molecular flexibility index (Phi) is 4.95. The number of aromatic nitrogens is 2. The monoisotopic (exact) mass is 439 g/mol. The number of aryl methyl sites for hydroxylation is 3. The fourth-order valence-electron chi connectivity index (χ4n) is 5.66. The average molecular weight is 440 g/mol. The summed E-state index contributed by atoms with van der Waals surface area (Å²) in [6.07, 6.45) is 8.36. The maximum Gasteiger partial charge on any atom is 0.258 e. The number of rotatable bonds is 5. The lowest BCUT2D eigenvalue weighted by Gasteiger charge is -2.36. The molecule has 1 N–H and O–H groups in total. The van der Waals surface area contributed by atoms with Crippen LogP contribution >= 0.6 is 0 Å². The van der Waals surface area contributed by atoms with E-state index in [1.165, 1.54) is 36.0 Å². The van der Waals surface area contributed by atoms with Gasteiger partial charge in [0.2, 0.25) is 5.82 Å². The highest BCUT2D eigenvalue weighted by Crippen LogP contribution is 2.37. The molecule has 0 bridgehead atoms. The Labute approximate surface area is 194 Å². The molecule has 4 aromatic rings. The average Bonchev–Trinajstić information content (AvgIpc) is 3.53. The Morgan fingerprint density at radius 3 is 2.52 bits per heavy atom. The summed E-state index contributed by atoms with van der Waals surface area (Å²) < 4.78 is 11.0. The third-order valence-electron chi connectivity index (χ3n) is 7.31. The molecule has 1 atom stereocenters. The number of furan rings is 1. The quantitative estimate of drug-likeness (QED) is 0.377. The molecule has 2 aliphatic carbocycles. The first-order chi connectivity index (χ1) is 16.0. The van der Waals surface area contributed by atoms with Crippen molar-refractivity contribution in [2.45, 2.75) is 58.5 Å². The van der Waals surface area contributed by atoms with Crippen LogP contribution in [0.25, 0.3) is 34.0 Å². The first-order valence-corrected chi connectivity index (χ1v) is 11.9. The molecule has 2 heterocycles. The molecule has 2 aromatic heterocycles. The molecule has 5 heteroatoms. The summed E-state index contributed by atoms with van der Waals surface area (Å²) in [6, 6.07) is 14.0. The van der Waals surface area contributed by atoms with Gasteiger partial charge in [-0.25, -0.2) is 0 Å². The number of hydrogen-bond donors (Lipinski definition) is 1. The molecule has 5 nitrogen and oxygen atoms in total. The van der Waals surface area contributed by atoms with Gasteiger partial charge in [0, 0.05) is 28.8 Å². The van der Waals surface area contributed by atoms with Crippen LogP contribution in [0.15, 0.2) is 57.9 Å². The number of benzene rings is 2. The van der Waals surface area contributed by atoms with Crippen LogP contribution in [-0.4, -0.2) is 16.2 Å². The van der Waals surface area contributed by atoms with Crippen molar-refractivity contribution in [2.75, 3.05) is 0 Å². The van der Waals surface area contributed by atoms with Crippen LogP contribution in [0.3, 0.4) is 0 Å². The van der Waals surface area contributed by atoms with Gasteiger partial charge < -0.3 is 14.3 Å². The van der Waals surface area contributed by atoms with E-state index in [9.17, 15) is 0 Å². The van der Waals surface area contributed by atoms with Crippen LogP contribution in [-0.2, 0) is 6.42 Å². The van der Waals surface area contributed by atoms with E-state index >= 15 is 0 Å². The topological polar surface area (TPSA) is 64.1 Å². The van der Waals surface area contributed by atoms with Crippen molar-refractivity contribution in [3.05, 3.63) is 71.2 Å². The van der Waals surface area contributed by atoms with E-state index in [2.05, 4.69) is 61.6 Å². The standard InChI is InChI=1S/C28H29N3O2/c1-16-10-23(11-16)29-25-7-5-19-14-20(4-6-24(19)25)27-30-28(33-31-27)22-12-17(2)26(18(3)13-22)21-8-9-32-15-21/h4,6,8-9,12-16,23,25,29H,5,7,10-11H2,1-3H3. The number of nitrogens with one attached hydrogen (secondary N) is 1. The van der Waals surface area contributed by atoms with Crippen LogP contribution in [0.1, 0.15) is 54.5 Å². The lowest BCUT2D eigenvalue weighted by molar-refractivity contribution is 0.222. The summed E-state index contributed by atoms with van der Waals surface area (Å²) >= 11 is 0. The van der Waals surface area contributed by atoms with Crippen molar-refractivity contribution in [1.29, 1.82) is 0 Å². The second-order valence-electron chi connectivity index (χ2n) is 9.87. The van der Waals surface area contributed by atoms with Crippen LogP contribution in [0.4, 0.5) is 0 Å². The molecule has 168 valence electrons. The maximum absolute atomic E-state index is 5.68. The number of hydrogen-bond acceptors (Lipinski definition) is 5. The molecule has 2 aromatic carbocycles. The molecule has 0 spiro atoms. The lowest BCUT2D eigenvalue weighted by Crippen LogP contribution is -2.41. The Bertz CT molecular complexity index is 1280. The molecule has 2 aliphatic rings. The van der Waals surface area contributed by atoms with E-state index in [0.29, 0.717) is 23.8 Å². The minimum atomic E-state index is 0.479. The second kappa shape index (κ2) is 7.99. The van der Waals surface area contributed by atoms with Gasteiger partial charge in [-0.05, 0) is 97.5 Å². The minimum Gasteiger partial charge on any atom is -0.472 e. The zero-order valence-electron chi connectivity index (χ0n) is 19.4. The molecule has 1 saturated carbocycles. The fourth-order valence-corrected chi connectivity index (χ4v) is 5.66. The zero-order valence-corrected chi connectivity index (χ0v) is 19.4. The summed E-state index contributed by atoms with van der Waals surface area (Å²) in [4.78, 5) is 4.74. The fraction of sp³-hybridized carbons (Fsp3) is 0.357. The van der Waals surface area contributed by atoms with E-state index in [-0.39, 0.29) is 0 Å². The third kappa shape index (κ3) is 3.70. The van der Waals surface area contributed by atoms with Gasteiger partial charge in [0.25, 0.3) is 5.89 Å². The van der Waals surface area contributed by atoms with Crippen molar-refractivity contribution in [1.82, 2.24) is 15.5 Å². The summed E-state index contributed by atoms with van der Waals surface area (Å²) in [5.74, 6) is 2.06. The summed E-state index contributed by atoms with van der Waals surface area (Å²) in [5, 5.41) is 8.16. The lowest BCUT2D eigenvalue weighted by atomic mass is 9.81. The van der Waals surface area contributed by atoms with Crippen LogP contribution in [0.5, 0.6) is 0 Å². The van der Waals surface area contributed by atoms with Crippen molar-refractivity contribution in [3.8, 4) is 34.0 Å². The maximum atomic E-state index is 5.68. The van der Waals surface area contributed by atoms with E-state index in [4.69, 9.17) is 13.9 Å². The van der Waals surface area contributed by atoms with Gasteiger partial charge in [-0.1, -0.05) is 24.2 Å². The van der Waals surface area contributed by atoms with Gasteiger partial charge in [0.1, 0.15) is 0 Å². The normalized spacial score (nSPS) is 21.7. The second-order valence-corrected chi connectivity index (χ2v) is 9.87.